The Morgan fingerprint density at radius 2 is 1.41 bits per heavy atom. The van der Waals surface area contributed by atoms with Crippen molar-refractivity contribution in [3.05, 3.63) is 173 Å². The zero-order chi connectivity index (χ0) is 77.9. The Bertz CT molecular complexity index is 4220. The molecule has 2 heterocycles. The molecule has 5 fully saturated rings. The standard InChI is InChI=1S/C31H34O10.C30H39N7O9.C16H15NO3/c1-14-19-10-18-12-30(37)26(40-27(36)17-8-6-5-7-9-17)24-28(4,20(34)11-21-29(24,13-38-21)41-16(3)33)25(35)23(39-15(2)32)22(14)31(18,19)30;1-4-13-37(16-26(40)36-22-8-5-20(6-9-22)17-46-30(44)45)29(43)18(2)34-28(42)21-7-12-25(32-14-21)33-15-23(39)10-11-24(27(31)41)35-19(3)38;18-15(19)11-14(12-7-3-1-4-8-12)17-16(20)13-9-5-2-6-10-13/h5-9,18-21,23-24,26,34,37H,10-13H2,1-4H3;5-9,12,14,18,24H,4,10-11,13,15-17H2,1-3H3,(H2,31,41)(H,32,33)(H,34,42)(H,35,38)(H,36,40)(H,44,45);1-10,14H,11H2,(H,17,20)(H,18,19)/t18?,19?,20-,21+,23+,24-,26-,28+,29-,30+,31?;18-,24+;14-/m011/s1. The molecule has 11 rings (SSSR count). The Labute approximate surface area is 615 Å². The molecule has 1 aliphatic heterocycles. The van der Waals surface area contributed by atoms with Crippen molar-refractivity contribution in [2.24, 2.45) is 34.3 Å². The summed E-state index contributed by atoms with van der Waals surface area (Å²) in [5, 5.41) is 55.3. The number of ether oxygens (including phenoxy) is 5. The fourth-order valence-corrected chi connectivity index (χ4v) is 15.8. The summed E-state index contributed by atoms with van der Waals surface area (Å²) >= 11 is 0. The molecule has 1 aromatic heterocycles. The minimum atomic E-state index is -1.75. The number of aliphatic carboxylic acids is 1. The van der Waals surface area contributed by atoms with Gasteiger partial charge in [-0.05, 0) is 124 Å². The quantitative estimate of drug-likeness (QED) is 0.0175. The number of nitrogens with two attached hydrogens (primary N) is 1. The summed E-state index contributed by atoms with van der Waals surface area (Å²) in [6.07, 6.45) is -3.42. The van der Waals surface area contributed by atoms with Gasteiger partial charge in [-0.1, -0.05) is 91.4 Å². The number of carboxylic acids is 1. The second-order valence-corrected chi connectivity index (χ2v) is 27.7. The Morgan fingerprint density at radius 1 is 0.776 bits per heavy atom. The minimum absolute atomic E-state index is 0.00373. The van der Waals surface area contributed by atoms with Gasteiger partial charge in [0.2, 0.25) is 23.6 Å². The van der Waals surface area contributed by atoms with Crippen LogP contribution in [-0.4, -0.2) is 181 Å². The van der Waals surface area contributed by atoms with Crippen molar-refractivity contribution in [2.45, 2.75) is 154 Å². The molecule has 30 nitrogen and oxygen atoms in total. The molecule has 0 radical (unpaired) electrons. The van der Waals surface area contributed by atoms with Gasteiger partial charge < -0.3 is 81.3 Å². The summed E-state index contributed by atoms with van der Waals surface area (Å²) in [7, 11) is 0. The van der Waals surface area contributed by atoms with E-state index in [4.69, 9.17) is 34.9 Å². The highest BCUT2D eigenvalue weighted by molar-refractivity contribution is 6.00. The lowest BCUT2D eigenvalue weighted by Crippen LogP contribution is -2.89. The zero-order valence-corrected chi connectivity index (χ0v) is 60.1. The smallest absolute Gasteiger partial charge is 0.481 e. The highest BCUT2D eigenvalue weighted by Crippen LogP contribution is 2.83. The lowest BCUT2D eigenvalue weighted by atomic mass is 9.23. The van der Waals surface area contributed by atoms with E-state index in [1.54, 1.807) is 91.0 Å². The fourth-order valence-electron chi connectivity index (χ4n) is 15.8. The molecule has 5 aliphatic carbocycles. The van der Waals surface area contributed by atoms with Crippen LogP contribution < -0.4 is 32.3 Å². The van der Waals surface area contributed by atoms with Crippen molar-refractivity contribution >= 4 is 88.5 Å². The molecule has 1 spiro atoms. The molecule has 568 valence electrons. The zero-order valence-electron chi connectivity index (χ0n) is 60.1. The van der Waals surface area contributed by atoms with Gasteiger partial charge >= 0.3 is 30.0 Å². The van der Waals surface area contributed by atoms with E-state index < -0.39 is 136 Å². The number of hydrogen-bond acceptors (Lipinski definition) is 22. The average molecular weight is 1480 g/mol. The lowest BCUT2D eigenvalue weighted by molar-refractivity contribution is -0.380. The van der Waals surface area contributed by atoms with Crippen LogP contribution in [0.1, 0.15) is 142 Å². The summed E-state index contributed by atoms with van der Waals surface area (Å²) in [4.78, 5) is 166. The lowest BCUT2D eigenvalue weighted by Gasteiger charge is -2.82. The number of amides is 6. The molecular weight excluding hydrogens is 1390 g/mol. The van der Waals surface area contributed by atoms with Gasteiger partial charge in [0, 0.05) is 63.0 Å². The molecule has 5 aromatic rings. The predicted octanol–water partition coefficient (Wildman–Crippen LogP) is 5.56. The molecule has 4 aromatic carbocycles. The number of hydrogen-bond donors (Lipinski definition) is 10. The van der Waals surface area contributed by atoms with Gasteiger partial charge in [0.1, 0.15) is 42.3 Å². The first-order valence-corrected chi connectivity index (χ1v) is 34.9. The first-order valence-electron chi connectivity index (χ1n) is 34.9. The third kappa shape index (κ3) is 17.2. The normalized spacial score (nSPS) is 25.1. The van der Waals surface area contributed by atoms with Gasteiger partial charge in [-0.25, -0.2) is 14.6 Å². The molecular formula is C77H88N8O22. The molecule has 3 unspecified atom stereocenters. The number of anilines is 2. The van der Waals surface area contributed by atoms with Gasteiger partial charge in [-0.3, -0.25) is 52.7 Å². The van der Waals surface area contributed by atoms with Gasteiger partial charge in [-0.2, -0.15) is 0 Å². The number of Topliss-reactive ketones (excluding diaryl/α,β-unsaturated/α-hetero) is 2. The fraction of sp³-hybridized carbons (Fsp3) is 0.429. The minimum Gasteiger partial charge on any atom is -0.481 e. The van der Waals surface area contributed by atoms with E-state index in [1.807, 2.05) is 38.1 Å². The number of aromatic nitrogens is 1. The molecule has 107 heavy (non-hydrogen) atoms. The van der Waals surface area contributed by atoms with Crippen LogP contribution >= 0.6 is 0 Å². The van der Waals surface area contributed by atoms with Crippen molar-refractivity contribution in [3.63, 3.8) is 0 Å². The summed E-state index contributed by atoms with van der Waals surface area (Å²) in [6.45, 7) is 10.1. The molecule has 11 N–H and O–H groups in total. The van der Waals surface area contributed by atoms with E-state index >= 15 is 0 Å². The summed E-state index contributed by atoms with van der Waals surface area (Å²) in [5.74, 6) is -7.68. The number of nitrogens with one attached hydrogen (secondary N) is 5. The third-order valence-electron chi connectivity index (χ3n) is 20.7. The van der Waals surface area contributed by atoms with Crippen LogP contribution in [0.4, 0.5) is 16.3 Å². The van der Waals surface area contributed by atoms with Gasteiger partial charge in [0.05, 0.1) is 60.7 Å². The number of fused-ring (bicyclic) bond motifs is 3. The highest BCUT2D eigenvalue weighted by Gasteiger charge is 2.88. The van der Waals surface area contributed by atoms with E-state index in [1.165, 1.54) is 57.8 Å². The number of benzene rings is 4. The number of carbonyl (C=O) groups is 13. The Balaban J connectivity index is 0.000000198. The van der Waals surface area contributed by atoms with Crippen molar-refractivity contribution in [1.82, 2.24) is 25.8 Å². The van der Waals surface area contributed by atoms with E-state index in [0.29, 0.717) is 34.6 Å². The van der Waals surface area contributed by atoms with E-state index in [0.717, 1.165) is 17.6 Å². The second-order valence-electron chi connectivity index (χ2n) is 27.7. The van der Waals surface area contributed by atoms with Crippen LogP contribution in [0.25, 0.3) is 0 Å². The molecule has 0 bridgehead atoms. The third-order valence-corrected chi connectivity index (χ3v) is 20.7. The molecule has 6 aliphatic rings. The Morgan fingerprint density at radius 3 is 1.96 bits per heavy atom. The molecule has 6 amide bonds. The van der Waals surface area contributed by atoms with Crippen LogP contribution in [0.3, 0.4) is 0 Å². The number of pyridine rings is 1. The number of nitrogens with zero attached hydrogens (tertiary/aromatic N) is 2. The van der Waals surface area contributed by atoms with E-state index in [-0.39, 0.29) is 99.6 Å². The number of aliphatic hydroxyl groups is 2. The number of carboxylic acid groups (broad SMARTS) is 2. The summed E-state index contributed by atoms with van der Waals surface area (Å²) < 4.78 is 28.3. The van der Waals surface area contributed by atoms with Gasteiger partial charge in [0.15, 0.2) is 23.3 Å². The summed E-state index contributed by atoms with van der Waals surface area (Å²) in [6, 6.07) is 33.0. The first-order chi connectivity index (χ1) is 50.8. The number of rotatable bonds is 27. The molecule has 1 saturated heterocycles. The highest BCUT2D eigenvalue weighted by atomic mass is 16.7. The maximum atomic E-state index is 14.8. The van der Waals surface area contributed by atoms with Gasteiger partial charge in [-0.15, -0.1) is 0 Å². The maximum absolute atomic E-state index is 14.8. The topological polar surface area (TPSA) is 451 Å². The van der Waals surface area contributed by atoms with E-state index in [2.05, 4.69) is 36.3 Å². The molecule has 30 heteroatoms. The Kier molecular flexibility index (Phi) is 25.3. The van der Waals surface area contributed by atoms with Crippen LogP contribution in [0, 0.1) is 28.6 Å². The Hall–Kier alpha value is -11.2. The van der Waals surface area contributed by atoms with Crippen molar-refractivity contribution in [1.29, 1.82) is 0 Å². The number of esters is 3. The van der Waals surface area contributed by atoms with E-state index in [9.17, 15) is 72.5 Å². The largest absolute Gasteiger partial charge is 0.506 e. The average Bonchev–Trinajstić information content (AvgIpc) is 0.617. The van der Waals surface area contributed by atoms with Crippen LogP contribution in [-0.2, 0) is 73.4 Å². The van der Waals surface area contributed by atoms with Crippen molar-refractivity contribution in [3.8, 4) is 0 Å². The number of ketones is 2. The summed E-state index contributed by atoms with van der Waals surface area (Å²) in [5.41, 5.74) is 3.59. The SMILES string of the molecule is CC(=O)O[C@H]1C(=O)[C@@]2(C)[C@H]([C@H](OC(=O)c3ccccc3)[C@]3(O)CC4CC5C(C)=C1C453)[C@]1(OC(C)=O)CO[C@@H]1C[C@@H]2O.CCCN(CC(=O)Nc1ccc(COC(=O)O)cc1)C(=O)[C@@H](C)NC(=O)c1ccc(NCC(=O)CC[C@H](NC(C)=O)C(N)=O)nc1.O=C(O)C[C@@H](NC(=O)c1ccccc1)c1ccccc1. The van der Waals surface area contributed by atoms with Crippen molar-refractivity contribution < 1.29 is 106 Å². The van der Waals surface area contributed by atoms with Crippen LogP contribution in [0.2, 0.25) is 0 Å². The molecule has 4 saturated carbocycles. The number of carbonyl (C=O) groups excluding carboxylic acids is 11. The van der Waals surface area contributed by atoms with Crippen LogP contribution in [0.15, 0.2) is 145 Å². The van der Waals surface area contributed by atoms with Crippen molar-refractivity contribution in [2.75, 3.05) is 36.9 Å². The first kappa shape index (κ1) is 79.9. The second kappa shape index (κ2) is 33.9. The predicted molar refractivity (Wildman–Crippen MR) is 380 cm³/mol. The monoisotopic (exact) mass is 1480 g/mol. The number of allylic oxidation sites excluding steroid dienone is 1. The van der Waals surface area contributed by atoms with Crippen LogP contribution in [0.5, 0.6) is 0 Å². The van der Waals surface area contributed by atoms with Gasteiger partial charge in [0.25, 0.3) is 11.8 Å². The number of aliphatic hydroxyl groups excluding tert-OH is 1. The molecule has 14 atom stereocenters. The number of primary amides is 1. The maximum Gasteiger partial charge on any atom is 0.506 e.